The zero-order valence-electron chi connectivity index (χ0n) is 15.6. The van der Waals surface area contributed by atoms with E-state index in [2.05, 4.69) is 72.8 Å². The van der Waals surface area contributed by atoms with Gasteiger partial charge in [0, 0.05) is 0 Å². The Balaban J connectivity index is 1.58. The van der Waals surface area contributed by atoms with Gasteiger partial charge in [-0.3, -0.25) is 0 Å². The third-order valence-electron chi connectivity index (χ3n) is 6.02. The second-order valence-corrected chi connectivity index (χ2v) is 7.63. The fourth-order valence-corrected chi connectivity index (χ4v) is 4.65. The lowest BCUT2D eigenvalue weighted by atomic mass is 9.79. The van der Waals surface area contributed by atoms with Gasteiger partial charge >= 0.3 is 7.12 Å². The second kappa shape index (κ2) is 6.05. The van der Waals surface area contributed by atoms with Gasteiger partial charge in [0.25, 0.3) is 0 Å². The molecule has 6 rings (SSSR count). The Morgan fingerprint density at radius 2 is 1.17 bits per heavy atom. The van der Waals surface area contributed by atoms with Crippen molar-refractivity contribution in [2.75, 3.05) is 0 Å². The molecular formula is C26H17BO2. The molecule has 1 aliphatic rings. The van der Waals surface area contributed by atoms with Gasteiger partial charge in [-0.15, -0.1) is 0 Å². The molecule has 0 aliphatic heterocycles. The zero-order chi connectivity index (χ0) is 19.5. The summed E-state index contributed by atoms with van der Waals surface area (Å²) in [6.45, 7) is 0. The molecule has 0 amide bonds. The third kappa shape index (κ3) is 2.39. The molecule has 0 saturated heterocycles. The first kappa shape index (κ1) is 16.5. The number of hydrogen-bond donors (Lipinski definition) is 2. The van der Waals surface area contributed by atoms with Crippen molar-refractivity contribution in [2.24, 2.45) is 0 Å². The Bertz CT molecular complexity index is 1410. The van der Waals surface area contributed by atoms with Crippen LogP contribution in [0.3, 0.4) is 0 Å². The molecule has 5 aromatic carbocycles. The summed E-state index contributed by atoms with van der Waals surface area (Å²) < 4.78 is 0. The molecule has 0 fully saturated rings. The van der Waals surface area contributed by atoms with Gasteiger partial charge in [0.05, 0.1) is 0 Å². The molecule has 0 bridgehead atoms. The largest absolute Gasteiger partial charge is 0.488 e. The lowest BCUT2D eigenvalue weighted by Gasteiger charge is -2.11. The molecule has 0 spiro atoms. The van der Waals surface area contributed by atoms with E-state index in [0.29, 0.717) is 5.46 Å². The van der Waals surface area contributed by atoms with Crippen molar-refractivity contribution in [1.82, 2.24) is 0 Å². The van der Waals surface area contributed by atoms with E-state index < -0.39 is 7.12 Å². The van der Waals surface area contributed by atoms with Crippen molar-refractivity contribution in [3.05, 3.63) is 91.0 Å². The first-order chi connectivity index (χ1) is 14.2. The molecule has 1 aliphatic carbocycles. The highest BCUT2D eigenvalue weighted by molar-refractivity contribution is 6.58. The minimum atomic E-state index is -1.45. The van der Waals surface area contributed by atoms with Crippen LogP contribution in [0.25, 0.3) is 54.9 Å². The maximum atomic E-state index is 9.42. The normalized spacial score (nSPS) is 11.8. The van der Waals surface area contributed by atoms with E-state index in [-0.39, 0.29) is 0 Å². The van der Waals surface area contributed by atoms with Gasteiger partial charge in [0.1, 0.15) is 0 Å². The van der Waals surface area contributed by atoms with Gasteiger partial charge in [-0.2, -0.15) is 0 Å². The average molecular weight is 372 g/mol. The second-order valence-electron chi connectivity index (χ2n) is 7.63. The highest BCUT2D eigenvalue weighted by Gasteiger charge is 2.22. The Labute approximate surface area is 168 Å². The number of fused-ring (bicyclic) bond motifs is 4. The molecule has 2 nitrogen and oxygen atoms in total. The molecule has 3 heteroatoms. The van der Waals surface area contributed by atoms with Crippen molar-refractivity contribution < 1.29 is 10.0 Å². The zero-order valence-corrected chi connectivity index (χ0v) is 15.6. The smallest absolute Gasteiger partial charge is 0.423 e. The van der Waals surface area contributed by atoms with Crippen LogP contribution in [0.5, 0.6) is 0 Å². The minimum absolute atomic E-state index is 0.508. The molecular weight excluding hydrogens is 355 g/mol. The van der Waals surface area contributed by atoms with E-state index >= 15 is 0 Å². The highest BCUT2D eigenvalue weighted by atomic mass is 16.4. The van der Waals surface area contributed by atoms with Crippen LogP contribution >= 0.6 is 0 Å². The van der Waals surface area contributed by atoms with Crippen LogP contribution in [-0.2, 0) is 0 Å². The number of hydrogen-bond acceptors (Lipinski definition) is 2. The lowest BCUT2D eigenvalue weighted by molar-refractivity contribution is 0.426. The molecule has 29 heavy (non-hydrogen) atoms. The average Bonchev–Trinajstić information content (AvgIpc) is 3.09. The Morgan fingerprint density at radius 3 is 1.97 bits per heavy atom. The third-order valence-corrected chi connectivity index (χ3v) is 6.02. The Hall–Kier alpha value is -3.40. The molecule has 136 valence electrons. The monoisotopic (exact) mass is 372 g/mol. The van der Waals surface area contributed by atoms with E-state index in [1.54, 1.807) is 6.07 Å². The SMILES string of the molecule is OB(O)c1ccc2cc(-c3ccc4c5c(cccc35)-c3ccccc3-4)ccc2c1. The van der Waals surface area contributed by atoms with Crippen molar-refractivity contribution in [1.29, 1.82) is 0 Å². The lowest BCUT2D eigenvalue weighted by Crippen LogP contribution is -2.29. The van der Waals surface area contributed by atoms with E-state index in [1.165, 1.54) is 38.6 Å². The van der Waals surface area contributed by atoms with Gasteiger partial charge in [0.2, 0.25) is 0 Å². The van der Waals surface area contributed by atoms with Crippen LogP contribution in [0.1, 0.15) is 0 Å². The van der Waals surface area contributed by atoms with E-state index in [1.807, 2.05) is 12.1 Å². The summed E-state index contributed by atoms with van der Waals surface area (Å²) in [7, 11) is -1.45. The molecule has 0 heterocycles. The highest BCUT2D eigenvalue weighted by Crippen LogP contribution is 2.49. The summed E-state index contributed by atoms with van der Waals surface area (Å²) in [4.78, 5) is 0. The first-order valence-electron chi connectivity index (χ1n) is 9.76. The maximum Gasteiger partial charge on any atom is 0.488 e. The predicted molar refractivity (Wildman–Crippen MR) is 121 cm³/mol. The summed E-state index contributed by atoms with van der Waals surface area (Å²) in [5.41, 5.74) is 8.10. The van der Waals surface area contributed by atoms with Gasteiger partial charge in [-0.1, -0.05) is 84.9 Å². The predicted octanol–water partition coefficient (Wildman–Crippen LogP) is 4.99. The van der Waals surface area contributed by atoms with E-state index in [9.17, 15) is 10.0 Å². The first-order valence-corrected chi connectivity index (χ1v) is 9.76. The van der Waals surface area contributed by atoms with Crippen LogP contribution < -0.4 is 5.46 Å². The van der Waals surface area contributed by atoms with Crippen molar-refractivity contribution in [3.8, 4) is 33.4 Å². The summed E-state index contributed by atoms with van der Waals surface area (Å²) in [5.74, 6) is 0. The standard InChI is InChI=1S/C26H17BO2/c28-27(29)19-11-10-16-14-18(9-8-17(16)15-19)20-12-13-25-22-5-2-1-4-21(22)24-7-3-6-23(20)26(24)25/h1-15,28-29H. The Kier molecular flexibility index (Phi) is 3.45. The maximum absolute atomic E-state index is 9.42. The number of rotatable bonds is 2. The van der Waals surface area contributed by atoms with E-state index in [4.69, 9.17) is 0 Å². The van der Waals surface area contributed by atoms with Gasteiger partial charge in [0.15, 0.2) is 0 Å². The minimum Gasteiger partial charge on any atom is -0.423 e. The summed E-state index contributed by atoms with van der Waals surface area (Å²) in [5, 5.41) is 23.5. The van der Waals surface area contributed by atoms with Crippen molar-refractivity contribution in [3.63, 3.8) is 0 Å². The molecule has 0 atom stereocenters. The van der Waals surface area contributed by atoms with Gasteiger partial charge in [-0.05, 0) is 66.5 Å². The van der Waals surface area contributed by atoms with Gasteiger partial charge in [-0.25, -0.2) is 0 Å². The van der Waals surface area contributed by atoms with Crippen LogP contribution in [0, 0.1) is 0 Å². The van der Waals surface area contributed by atoms with Crippen LogP contribution in [0.2, 0.25) is 0 Å². The quantitative estimate of drug-likeness (QED) is 0.421. The van der Waals surface area contributed by atoms with Crippen LogP contribution in [-0.4, -0.2) is 17.2 Å². The summed E-state index contributed by atoms with van der Waals surface area (Å²) >= 11 is 0. The number of benzene rings is 5. The fraction of sp³-hybridized carbons (Fsp3) is 0. The Morgan fingerprint density at radius 1 is 0.517 bits per heavy atom. The molecule has 2 N–H and O–H groups in total. The molecule has 5 aromatic rings. The van der Waals surface area contributed by atoms with Gasteiger partial charge < -0.3 is 10.0 Å². The summed E-state index contributed by atoms with van der Waals surface area (Å²) in [6.07, 6.45) is 0. The molecule has 0 saturated carbocycles. The molecule has 0 aromatic heterocycles. The fourth-order valence-electron chi connectivity index (χ4n) is 4.65. The van der Waals surface area contributed by atoms with Crippen LogP contribution in [0.4, 0.5) is 0 Å². The topological polar surface area (TPSA) is 40.5 Å². The van der Waals surface area contributed by atoms with Crippen LogP contribution in [0.15, 0.2) is 91.0 Å². The molecule has 0 unspecified atom stereocenters. The van der Waals surface area contributed by atoms with Crippen molar-refractivity contribution in [2.45, 2.75) is 0 Å². The van der Waals surface area contributed by atoms with Crippen molar-refractivity contribution >= 4 is 34.1 Å². The summed E-state index contributed by atoms with van der Waals surface area (Å²) in [6, 6.07) is 31.5. The van der Waals surface area contributed by atoms with E-state index in [0.717, 1.165) is 16.3 Å². The molecule has 0 radical (unpaired) electrons.